The van der Waals surface area contributed by atoms with Gasteiger partial charge in [-0.2, -0.15) is 0 Å². The Morgan fingerprint density at radius 3 is 2.14 bits per heavy atom. The smallest absolute Gasteiger partial charge is 0.237 e. The van der Waals surface area contributed by atoms with E-state index in [2.05, 4.69) is 10.2 Å². The number of carbonyl (C=O) groups is 2. The summed E-state index contributed by atoms with van der Waals surface area (Å²) in [5, 5.41) is 3.56. The van der Waals surface area contributed by atoms with E-state index in [1.165, 1.54) is 32.1 Å². The van der Waals surface area contributed by atoms with Gasteiger partial charge in [0.25, 0.3) is 0 Å². The molecule has 1 N–H and O–H groups in total. The molecule has 4 aliphatic carbocycles. The Hall–Kier alpha value is -1.10. The first kappa shape index (κ1) is 18.9. The number of amides is 2. The molecule has 0 unspecified atom stereocenters. The van der Waals surface area contributed by atoms with Crippen LogP contribution in [0.3, 0.4) is 0 Å². The predicted octanol–water partition coefficient (Wildman–Crippen LogP) is 2.65. The van der Waals surface area contributed by atoms with Crippen molar-refractivity contribution in [3.8, 4) is 0 Å². The molecule has 0 spiro atoms. The Bertz CT molecular complexity index is 585. The molecule has 0 aromatic carbocycles. The van der Waals surface area contributed by atoms with Crippen molar-refractivity contribution in [1.82, 2.24) is 15.1 Å². The van der Waals surface area contributed by atoms with Gasteiger partial charge in [-0.15, -0.1) is 0 Å². The summed E-state index contributed by atoms with van der Waals surface area (Å²) in [5.74, 6) is 4.57. The number of nitrogens with zero attached hydrogens (tertiary/aromatic N) is 2. The third-order valence-corrected chi connectivity index (χ3v) is 8.75. The molecule has 2 amide bonds. The van der Waals surface area contributed by atoms with E-state index in [9.17, 15) is 9.59 Å². The van der Waals surface area contributed by atoms with Crippen LogP contribution in [0.25, 0.3) is 0 Å². The summed E-state index contributed by atoms with van der Waals surface area (Å²) < 4.78 is 0. The van der Waals surface area contributed by atoms with Gasteiger partial charge in [-0.25, -0.2) is 0 Å². The van der Waals surface area contributed by atoms with Crippen molar-refractivity contribution in [2.75, 3.05) is 26.2 Å². The largest absolute Gasteiger partial charge is 0.351 e. The van der Waals surface area contributed by atoms with Crippen LogP contribution in [0.2, 0.25) is 0 Å². The molecule has 0 radical (unpaired) electrons. The average Bonchev–Trinajstić information content (AvgIpc) is 3.12. The Kier molecular flexibility index (Phi) is 5.14. The van der Waals surface area contributed by atoms with Crippen molar-refractivity contribution in [3.05, 3.63) is 0 Å². The molecule has 2 heterocycles. The molecule has 0 aromatic heterocycles. The van der Waals surface area contributed by atoms with Gasteiger partial charge in [-0.1, -0.05) is 0 Å². The summed E-state index contributed by atoms with van der Waals surface area (Å²) in [7, 11) is 0. The molecule has 5 nitrogen and oxygen atoms in total. The first-order valence-corrected chi connectivity index (χ1v) is 11.9. The highest BCUT2D eigenvalue weighted by Crippen LogP contribution is 2.53. The summed E-state index contributed by atoms with van der Waals surface area (Å²) in [6, 6.07) is 0.546. The standard InChI is InChI=1S/C23H37N3O2/c1-15(27)25-7-4-16(5-8-25)14-26-6-2-3-21(26)23(28)24-22-19-10-17-9-18(12-19)13-20(22)11-17/h16-22H,2-14H2,1H3,(H,24,28)/t17?,18?,19?,20?,21-,22?/m1/s1. The molecular formula is C23H37N3O2. The van der Waals surface area contributed by atoms with Gasteiger partial charge in [0.05, 0.1) is 6.04 Å². The second-order valence-corrected chi connectivity index (χ2v) is 10.6. The summed E-state index contributed by atoms with van der Waals surface area (Å²) >= 11 is 0. The maximum Gasteiger partial charge on any atom is 0.237 e. The lowest BCUT2D eigenvalue weighted by Crippen LogP contribution is -2.58. The molecule has 28 heavy (non-hydrogen) atoms. The zero-order chi connectivity index (χ0) is 19.3. The topological polar surface area (TPSA) is 52.7 Å². The maximum absolute atomic E-state index is 13.2. The van der Waals surface area contributed by atoms with E-state index < -0.39 is 0 Å². The molecule has 4 saturated carbocycles. The SMILES string of the molecule is CC(=O)N1CCC(CN2CCC[C@@H]2C(=O)NC2C3CC4CC(C3)CC2C4)CC1. The van der Waals surface area contributed by atoms with Crippen LogP contribution in [0.5, 0.6) is 0 Å². The number of nitrogens with one attached hydrogen (secondary N) is 1. The minimum absolute atomic E-state index is 0.0861. The van der Waals surface area contributed by atoms with E-state index in [0.717, 1.165) is 75.5 Å². The van der Waals surface area contributed by atoms with Crippen molar-refractivity contribution in [3.63, 3.8) is 0 Å². The van der Waals surface area contributed by atoms with Crippen LogP contribution in [0.4, 0.5) is 0 Å². The third-order valence-electron chi connectivity index (χ3n) is 8.75. The Balaban J connectivity index is 1.16. The molecule has 0 aromatic rings. The van der Waals surface area contributed by atoms with Crippen LogP contribution in [0.1, 0.15) is 64.7 Å². The van der Waals surface area contributed by atoms with E-state index in [-0.39, 0.29) is 11.9 Å². The van der Waals surface area contributed by atoms with E-state index in [1.807, 2.05) is 4.90 Å². The van der Waals surface area contributed by atoms with Crippen molar-refractivity contribution in [2.45, 2.75) is 76.8 Å². The molecule has 6 rings (SSSR count). The quantitative estimate of drug-likeness (QED) is 0.807. The number of piperidine rings is 1. The van der Waals surface area contributed by atoms with Gasteiger partial charge in [0.15, 0.2) is 0 Å². The number of rotatable bonds is 4. The van der Waals surface area contributed by atoms with Gasteiger partial charge in [-0.05, 0) is 93.9 Å². The first-order chi connectivity index (χ1) is 13.6. The van der Waals surface area contributed by atoms with Crippen LogP contribution < -0.4 is 5.32 Å². The van der Waals surface area contributed by atoms with Crippen molar-refractivity contribution >= 4 is 11.8 Å². The maximum atomic E-state index is 13.2. The lowest BCUT2D eigenvalue weighted by atomic mass is 9.54. The highest BCUT2D eigenvalue weighted by Gasteiger charge is 2.49. The molecular weight excluding hydrogens is 350 g/mol. The zero-order valence-corrected chi connectivity index (χ0v) is 17.4. The number of likely N-dealkylation sites (tertiary alicyclic amines) is 2. The summed E-state index contributed by atoms with van der Waals surface area (Å²) in [6.07, 6.45) is 11.2. The van der Waals surface area contributed by atoms with Crippen LogP contribution >= 0.6 is 0 Å². The lowest BCUT2D eigenvalue weighted by Gasteiger charge is -2.54. The molecule has 6 fully saturated rings. The van der Waals surface area contributed by atoms with Crippen molar-refractivity contribution in [2.24, 2.45) is 29.6 Å². The molecule has 156 valence electrons. The van der Waals surface area contributed by atoms with Gasteiger partial charge in [0.1, 0.15) is 0 Å². The van der Waals surface area contributed by atoms with Gasteiger partial charge >= 0.3 is 0 Å². The highest BCUT2D eigenvalue weighted by atomic mass is 16.2. The van der Waals surface area contributed by atoms with Crippen LogP contribution in [0.15, 0.2) is 0 Å². The number of carbonyl (C=O) groups excluding carboxylic acids is 2. The third kappa shape index (κ3) is 3.59. The fourth-order valence-corrected chi connectivity index (χ4v) is 7.52. The normalized spacial score (nSPS) is 40.8. The molecule has 1 atom stereocenters. The Morgan fingerprint density at radius 2 is 1.54 bits per heavy atom. The van der Waals surface area contributed by atoms with Crippen LogP contribution in [-0.2, 0) is 9.59 Å². The van der Waals surface area contributed by atoms with E-state index in [4.69, 9.17) is 0 Å². The molecule has 4 bridgehead atoms. The average molecular weight is 388 g/mol. The van der Waals surface area contributed by atoms with Crippen LogP contribution in [0, 0.1) is 29.6 Å². The van der Waals surface area contributed by atoms with Gasteiger partial charge in [0.2, 0.25) is 11.8 Å². The number of hydrogen-bond donors (Lipinski definition) is 1. The predicted molar refractivity (Wildman–Crippen MR) is 109 cm³/mol. The van der Waals surface area contributed by atoms with E-state index in [1.54, 1.807) is 6.92 Å². The van der Waals surface area contributed by atoms with Crippen LogP contribution in [-0.4, -0.2) is 59.9 Å². The minimum atomic E-state index is 0.0861. The first-order valence-electron chi connectivity index (χ1n) is 11.9. The fraction of sp³-hybridized carbons (Fsp3) is 0.913. The lowest BCUT2D eigenvalue weighted by molar-refractivity contribution is -0.130. The van der Waals surface area contributed by atoms with Gasteiger partial charge in [-0.3, -0.25) is 14.5 Å². The minimum Gasteiger partial charge on any atom is -0.351 e. The zero-order valence-electron chi connectivity index (χ0n) is 17.4. The second-order valence-electron chi connectivity index (χ2n) is 10.6. The summed E-state index contributed by atoms with van der Waals surface area (Å²) in [4.78, 5) is 29.2. The summed E-state index contributed by atoms with van der Waals surface area (Å²) in [5.41, 5.74) is 0. The van der Waals surface area contributed by atoms with Gasteiger partial charge in [0, 0.05) is 32.6 Å². The Morgan fingerprint density at radius 1 is 0.893 bits per heavy atom. The molecule has 2 aliphatic heterocycles. The monoisotopic (exact) mass is 387 g/mol. The Labute approximate surface area is 169 Å². The van der Waals surface area contributed by atoms with E-state index in [0.29, 0.717) is 17.9 Å². The molecule has 5 heteroatoms. The molecule has 2 saturated heterocycles. The van der Waals surface area contributed by atoms with E-state index >= 15 is 0 Å². The van der Waals surface area contributed by atoms with Crippen molar-refractivity contribution in [1.29, 1.82) is 0 Å². The van der Waals surface area contributed by atoms with Crippen molar-refractivity contribution < 1.29 is 9.59 Å². The molecule has 6 aliphatic rings. The highest BCUT2D eigenvalue weighted by molar-refractivity contribution is 5.82. The number of hydrogen-bond acceptors (Lipinski definition) is 3. The summed E-state index contributed by atoms with van der Waals surface area (Å²) in [6.45, 7) is 5.54. The fourth-order valence-electron chi connectivity index (χ4n) is 7.52. The van der Waals surface area contributed by atoms with Gasteiger partial charge < -0.3 is 10.2 Å². The second kappa shape index (κ2) is 7.62.